The first kappa shape index (κ1) is 16.8. The lowest BCUT2D eigenvalue weighted by Crippen LogP contribution is -2.55. The van der Waals surface area contributed by atoms with E-state index in [0.717, 1.165) is 32.4 Å². The number of halogens is 3. The molecule has 0 aliphatic carbocycles. The van der Waals surface area contributed by atoms with Crippen LogP contribution in [-0.2, 0) is 0 Å². The number of nitrogens with two attached hydrogens (primary N) is 1. The van der Waals surface area contributed by atoms with E-state index in [1.165, 1.54) is 18.6 Å². The standard InChI is InChI=1S/C16H23BrF2N2/c1-3-16(2,21-9-5-4-6-10-21)15(20)13-12(18)8-7-11(17)14(13)19/h7-8,15H,3-6,9-10,20H2,1-2H3. The summed E-state index contributed by atoms with van der Waals surface area (Å²) in [7, 11) is 0. The van der Waals surface area contributed by atoms with Crippen LogP contribution in [0.1, 0.15) is 51.1 Å². The van der Waals surface area contributed by atoms with Crippen LogP contribution >= 0.6 is 15.9 Å². The van der Waals surface area contributed by atoms with Crippen LogP contribution in [0.15, 0.2) is 16.6 Å². The number of likely N-dealkylation sites (tertiary alicyclic amines) is 1. The van der Waals surface area contributed by atoms with Gasteiger partial charge in [0.05, 0.1) is 10.5 Å². The highest BCUT2D eigenvalue weighted by molar-refractivity contribution is 9.10. The van der Waals surface area contributed by atoms with Gasteiger partial charge in [-0.1, -0.05) is 13.3 Å². The maximum absolute atomic E-state index is 14.4. The summed E-state index contributed by atoms with van der Waals surface area (Å²) in [5.74, 6) is -1.15. The summed E-state index contributed by atoms with van der Waals surface area (Å²) in [5, 5.41) is 0. The highest BCUT2D eigenvalue weighted by atomic mass is 79.9. The second-order valence-electron chi connectivity index (χ2n) is 5.99. The van der Waals surface area contributed by atoms with E-state index in [1.54, 1.807) is 0 Å². The first-order chi connectivity index (χ1) is 9.91. The molecule has 1 aliphatic rings. The van der Waals surface area contributed by atoms with Crippen LogP contribution in [-0.4, -0.2) is 23.5 Å². The molecule has 21 heavy (non-hydrogen) atoms. The molecule has 2 unspecified atom stereocenters. The van der Waals surface area contributed by atoms with Crippen molar-refractivity contribution in [2.24, 2.45) is 5.73 Å². The number of benzene rings is 1. The summed E-state index contributed by atoms with van der Waals surface area (Å²) in [6.45, 7) is 5.93. The van der Waals surface area contributed by atoms with Crippen LogP contribution in [0.5, 0.6) is 0 Å². The lowest BCUT2D eigenvalue weighted by Gasteiger charge is -2.47. The zero-order valence-electron chi connectivity index (χ0n) is 12.6. The lowest BCUT2D eigenvalue weighted by atomic mass is 9.82. The average Bonchev–Trinajstić information content (AvgIpc) is 2.51. The van der Waals surface area contributed by atoms with E-state index < -0.39 is 23.2 Å². The fourth-order valence-corrected chi connectivity index (χ4v) is 3.53. The largest absolute Gasteiger partial charge is 0.322 e. The molecule has 1 saturated heterocycles. The number of piperidine rings is 1. The second-order valence-corrected chi connectivity index (χ2v) is 6.85. The predicted octanol–water partition coefficient (Wildman–Crippen LogP) is 4.38. The molecule has 1 aromatic carbocycles. The van der Waals surface area contributed by atoms with Gasteiger partial charge >= 0.3 is 0 Å². The molecule has 5 heteroatoms. The predicted molar refractivity (Wildman–Crippen MR) is 85.1 cm³/mol. The van der Waals surface area contributed by atoms with E-state index in [1.807, 2.05) is 13.8 Å². The Hall–Kier alpha value is -0.520. The van der Waals surface area contributed by atoms with Crippen LogP contribution in [0.4, 0.5) is 8.78 Å². The fourth-order valence-electron chi connectivity index (χ4n) is 3.18. The summed E-state index contributed by atoms with van der Waals surface area (Å²) < 4.78 is 28.8. The van der Waals surface area contributed by atoms with E-state index in [4.69, 9.17) is 5.73 Å². The van der Waals surface area contributed by atoms with Crippen molar-refractivity contribution in [3.05, 3.63) is 33.8 Å². The Bertz CT molecular complexity index is 503. The van der Waals surface area contributed by atoms with Crippen LogP contribution in [0.3, 0.4) is 0 Å². The van der Waals surface area contributed by atoms with Gasteiger partial charge in [0.15, 0.2) is 0 Å². The molecular weight excluding hydrogens is 338 g/mol. The third-order valence-corrected chi connectivity index (χ3v) is 5.47. The molecule has 1 aliphatic heterocycles. The van der Waals surface area contributed by atoms with Gasteiger partial charge in [0.1, 0.15) is 11.6 Å². The lowest BCUT2D eigenvalue weighted by molar-refractivity contribution is 0.0522. The first-order valence-corrected chi connectivity index (χ1v) is 8.35. The molecule has 1 aromatic rings. The Labute approximate surface area is 133 Å². The maximum Gasteiger partial charge on any atom is 0.145 e. The highest BCUT2D eigenvalue weighted by Crippen LogP contribution is 2.37. The average molecular weight is 361 g/mol. The molecule has 0 saturated carbocycles. The SMILES string of the molecule is CCC(C)(C(N)c1c(F)ccc(Br)c1F)N1CCCCC1. The van der Waals surface area contributed by atoms with Crippen LogP contribution < -0.4 is 5.73 Å². The molecule has 2 rings (SSSR count). The molecule has 1 heterocycles. The van der Waals surface area contributed by atoms with E-state index in [-0.39, 0.29) is 10.0 Å². The second kappa shape index (κ2) is 6.71. The molecule has 0 spiro atoms. The van der Waals surface area contributed by atoms with Crippen LogP contribution in [0.25, 0.3) is 0 Å². The summed E-state index contributed by atoms with van der Waals surface area (Å²) in [4.78, 5) is 2.29. The molecule has 2 N–H and O–H groups in total. The number of rotatable bonds is 4. The minimum atomic E-state index is -0.696. The minimum Gasteiger partial charge on any atom is -0.322 e. The van der Waals surface area contributed by atoms with Gasteiger partial charge in [0.25, 0.3) is 0 Å². The van der Waals surface area contributed by atoms with Gasteiger partial charge in [-0.25, -0.2) is 8.78 Å². The molecule has 0 aromatic heterocycles. The van der Waals surface area contributed by atoms with Crippen molar-refractivity contribution < 1.29 is 8.78 Å². The highest BCUT2D eigenvalue weighted by Gasteiger charge is 2.40. The van der Waals surface area contributed by atoms with Crippen molar-refractivity contribution in [3.8, 4) is 0 Å². The molecule has 0 bridgehead atoms. The quantitative estimate of drug-likeness (QED) is 0.807. The Kier molecular flexibility index (Phi) is 5.38. The van der Waals surface area contributed by atoms with Gasteiger partial charge in [0, 0.05) is 11.1 Å². The van der Waals surface area contributed by atoms with Crippen molar-refractivity contribution in [3.63, 3.8) is 0 Å². The Morgan fingerprint density at radius 3 is 2.48 bits per heavy atom. The molecule has 118 valence electrons. The molecule has 1 fully saturated rings. The van der Waals surface area contributed by atoms with E-state index >= 15 is 0 Å². The van der Waals surface area contributed by atoms with E-state index in [9.17, 15) is 8.78 Å². The fraction of sp³-hybridized carbons (Fsp3) is 0.625. The summed E-state index contributed by atoms with van der Waals surface area (Å²) in [6, 6.07) is 1.96. The van der Waals surface area contributed by atoms with E-state index in [0.29, 0.717) is 0 Å². The van der Waals surface area contributed by atoms with Gasteiger partial charge in [0.2, 0.25) is 0 Å². The maximum atomic E-state index is 14.4. The number of nitrogens with zero attached hydrogens (tertiary/aromatic N) is 1. The van der Waals surface area contributed by atoms with Crippen molar-refractivity contribution >= 4 is 15.9 Å². The molecule has 0 amide bonds. The van der Waals surface area contributed by atoms with Gasteiger partial charge in [-0.2, -0.15) is 0 Å². The third kappa shape index (κ3) is 3.15. The number of hydrogen-bond acceptors (Lipinski definition) is 2. The Morgan fingerprint density at radius 1 is 1.29 bits per heavy atom. The van der Waals surface area contributed by atoms with Gasteiger partial charge < -0.3 is 5.73 Å². The zero-order valence-corrected chi connectivity index (χ0v) is 14.2. The monoisotopic (exact) mass is 360 g/mol. The smallest absolute Gasteiger partial charge is 0.145 e. The van der Waals surface area contributed by atoms with Crippen LogP contribution in [0, 0.1) is 11.6 Å². The van der Waals surface area contributed by atoms with Gasteiger partial charge in [-0.3, -0.25) is 4.90 Å². The van der Waals surface area contributed by atoms with Gasteiger partial charge in [-0.15, -0.1) is 0 Å². The van der Waals surface area contributed by atoms with Crippen molar-refractivity contribution in [1.29, 1.82) is 0 Å². The summed E-state index contributed by atoms with van der Waals surface area (Å²) in [5.41, 5.74) is 5.89. The van der Waals surface area contributed by atoms with Crippen LogP contribution in [0.2, 0.25) is 0 Å². The topological polar surface area (TPSA) is 29.3 Å². The molecule has 2 nitrogen and oxygen atoms in total. The zero-order chi connectivity index (χ0) is 15.6. The molecule has 0 radical (unpaired) electrons. The first-order valence-electron chi connectivity index (χ1n) is 7.56. The molecule has 2 atom stereocenters. The van der Waals surface area contributed by atoms with Crippen molar-refractivity contribution in [2.45, 2.75) is 51.1 Å². The Morgan fingerprint density at radius 2 is 1.90 bits per heavy atom. The molecular formula is C16H23BrF2N2. The summed E-state index contributed by atoms with van der Waals surface area (Å²) in [6.07, 6.45) is 4.20. The minimum absolute atomic E-state index is 0.0145. The van der Waals surface area contributed by atoms with Crippen molar-refractivity contribution in [2.75, 3.05) is 13.1 Å². The van der Waals surface area contributed by atoms with Crippen molar-refractivity contribution in [1.82, 2.24) is 4.90 Å². The normalized spacial score (nSPS) is 21.0. The third-order valence-electron chi connectivity index (χ3n) is 4.85. The number of hydrogen-bond donors (Lipinski definition) is 1. The Balaban J connectivity index is 2.40. The van der Waals surface area contributed by atoms with E-state index in [2.05, 4.69) is 20.8 Å². The van der Waals surface area contributed by atoms with Gasteiger partial charge in [-0.05, 0) is 67.3 Å². The summed E-state index contributed by atoms with van der Waals surface area (Å²) >= 11 is 3.12.